The second kappa shape index (κ2) is 7.90. The average Bonchev–Trinajstić information content (AvgIpc) is 3.25. The number of nitrogens with zero attached hydrogens (tertiary/aromatic N) is 5. The third kappa shape index (κ3) is 4.43. The van der Waals surface area contributed by atoms with E-state index < -0.39 is 0 Å². The van der Waals surface area contributed by atoms with Crippen molar-refractivity contribution in [1.29, 1.82) is 0 Å². The second-order valence-electron chi connectivity index (χ2n) is 5.97. The number of anilines is 1. The summed E-state index contributed by atoms with van der Waals surface area (Å²) in [6, 6.07) is 8.52. The quantitative estimate of drug-likeness (QED) is 0.699. The summed E-state index contributed by atoms with van der Waals surface area (Å²) >= 11 is 11.9. The number of benzene rings is 1. The van der Waals surface area contributed by atoms with Crippen molar-refractivity contribution in [2.45, 2.75) is 6.54 Å². The van der Waals surface area contributed by atoms with Crippen LogP contribution in [0.15, 0.2) is 42.7 Å². The molecular formula is C17H18Cl2N6O. The Labute approximate surface area is 161 Å². The molecule has 0 aliphatic carbocycles. The Morgan fingerprint density at radius 1 is 1.12 bits per heavy atom. The van der Waals surface area contributed by atoms with Gasteiger partial charge in [0.1, 0.15) is 0 Å². The third-order valence-corrected chi connectivity index (χ3v) is 4.39. The van der Waals surface area contributed by atoms with E-state index in [9.17, 15) is 4.79 Å². The Balaban J connectivity index is 1.67. The molecule has 0 saturated heterocycles. The minimum absolute atomic E-state index is 0.277. The zero-order chi connectivity index (χ0) is 18.7. The number of nitrogens with one attached hydrogen (secondary N) is 1. The summed E-state index contributed by atoms with van der Waals surface area (Å²) in [5.74, 6) is 0.152. The van der Waals surface area contributed by atoms with Crippen LogP contribution < -0.4 is 5.32 Å². The molecule has 1 N–H and O–H groups in total. The van der Waals surface area contributed by atoms with Gasteiger partial charge in [0.05, 0.1) is 22.3 Å². The maximum Gasteiger partial charge on any atom is 0.277 e. The summed E-state index contributed by atoms with van der Waals surface area (Å²) in [6.07, 6.45) is 3.51. The van der Waals surface area contributed by atoms with Crippen LogP contribution in [0.2, 0.25) is 10.0 Å². The van der Waals surface area contributed by atoms with Crippen LogP contribution in [0.4, 0.5) is 5.82 Å². The number of aromatic nitrogens is 4. The molecule has 0 fully saturated rings. The Hall–Kier alpha value is -2.35. The maximum absolute atomic E-state index is 12.4. The van der Waals surface area contributed by atoms with Crippen LogP contribution in [0.5, 0.6) is 0 Å². The van der Waals surface area contributed by atoms with Gasteiger partial charge in [0.25, 0.3) is 5.91 Å². The predicted octanol–water partition coefficient (Wildman–Crippen LogP) is 3.19. The lowest BCUT2D eigenvalue weighted by Gasteiger charge is -2.08. The van der Waals surface area contributed by atoms with E-state index in [1.165, 1.54) is 0 Å². The minimum Gasteiger partial charge on any atom is -0.308 e. The Kier molecular flexibility index (Phi) is 5.61. The molecule has 0 saturated carbocycles. The molecule has 2 heterocycles. The summed E-state index contributed by atoms with van der Waals surface area (Å²) in [4.78, 5) is 14.4. The summed E-state index contributed by atoms with van der Waals surface area (Å²) < 4.78 is 3.34. The van der Waals surface area contributed by atoms with E-state index in [4.69, 9.17) is 23.2 Å². The summed E-state index contributed by atoms with van der Waals surface area (Å²) in [5, 5.41) is 12.2. The molecule has 0 spiro atoms. The number of hydrogen-bond donors (Lipinski definition) is 1. The van der Waals surface area contributed by atoms with Crippen molar-refractivity contribution < 1.29 is 4.79 Å². The number of carbonyl (C=O) groups excluding carboxylic acids is 1. The van der Waals surface area contributed by atoms with Crippen molar-refractivity contribution in [3.05, 3.63) is 58.5 Å². The van der Waals surface area contributed by atoms with E-state index in [1.54, 1.807) is 45.9 Å². The van der Waals surface area contributed by atoms with Crippen LogP contribution in [0.25, 0.3) is 5.69 Å². The average molecular weight is 393 g/mol. The van der Waals surface area contributed by atoms with Crippen LogP contribution in [-0.4, -0.2) is 51.0 Å². The van der Waals surface area contributed by atoms with Crippen molar-refractivity contribution in [3.63, 3.8) is 0 Å². The standard InChI is InChI=1S/C17H18Cl2N6O/c1-23(2)9-10-24-7-6-16(22-24)20-17(26)15-5-8-25(21-15)12-3-4-13(18)14(19)11-12/h3-8,11H,9-10H2,1-2H3,(H,20,22,26). The molecule has 3 aromatic rings. The number of rotatable bonds is 6. The zero-order valence-electron chi connectivity index (χ0n) is 14.4. The fourth-order valence-corrected chi connectivity index (χ4v) is 2.54. The fraction of sp³-hybridized carbons (Fsp3) is 0.235. The number of likely N-dealkylation sites (N-methyl/N-ethyl adjacent to an activating group) is 1. The lowest BCUT2D eigenvalue weighted by molar-refractivity contribution is 0.102. The summed E-state index contributed by atoms with van der Waals surface area (Å²) in [7, 11) is 3.99. The summed E-state index contributed by atoms with van der Waals surface area (Å²) in [6.45, 7) is 1.61. The highest BCUT2D eigenvalue weighted by Gasteiger charge is 2.12. The molecule has 7 nitrogen and oxygen atoms in total. The van der Waals surface area contributed by atoms with Crippen LogP contribution >= 0.6 is 23.2 Å². The molecule has 0 bridgehead atoms. The van der Waals surface area contributed by atoms with Gasteiger partial charge in [-0.05, 0) is 38.4 Å². The van der Waals surface area contributed by atoms with Crippen molar-refractivity contribution in [1.82, 2.24) is 24.5 Å². The van der Waals surface area contributed by atoms with E-state index >= 15 is 0 Å². The molecule has 136 valence electrons. The van der Waals surface area contributed by atoms with Gasteiger partial charge in [-0.2, -0.15) is 10.2 Å². The second-order valence-corrected chi connectivity index (χ2v) is 6.78. The molecule has 0 aliphatic rings. The zero-order valence-corrected chi connectivity index (χ0v) is 15.9. The first-order valence-corrected chi connectivity index (χ1v) is 8.68. The molecule has 0 atom stereocenters. The molecule has 3 rings (SSSR count). The van der Waals surface area contributed by atoms with Gasteiger partial charge < -0.3 is 10.2 Å². The van der Waals surface area contributed by atoms with Crippen molar-refractivity contribution in [3.8, 4) is 5.69 Å². The Bertz CT molecular complexity index is 918. The van der Waals surface area contributed by atoms with E-state index in [0.29, 0.717) is 21.6 Å². The first-order valence-electron chi connectivity index (χ1n) is 7.93. The minimum atomic E-state index is -0.332. The molecule has 9 heteroatoms. The predicted molar refractivity (Wildman–Crippen MR) is 102 cm³/mol. The number of hydrogen-bond acceptors (Lipinski definition) is 4. The topological polar surface area (TPSA) is 68.0 Å². The van der Waals surface area contributed by atoms with E-state index in [-0.39, 0.29) is 11.6 Å². The van der Waals surface area contributed by atoms with Gasteiger partial charge in [-0.25, -0.2) is 4.68 Å². The monoisotopic (exact) mass is 392 g/mol. The smallest absolute Gasteiger partial charge is 0.277 e. The number of carbonyl (C=O) groups is 1. The Morgan fingerprint density at radius 3 is 2.65 bits per heavy atom. The van der Waals surface area contributed by atoms with Gasteiger partial charge in [0.2, 0.25) is 0 Å². The van der Waals surface area contributed by atoms with Crippen LogP contribution in [0.3, 0.4) is 0 Å². The fourth-order valence-electron chi connectivity index (χ4n) is 2.25. The number of amides is 1. The lowest BCUT2D eigenvalue weighted by atomic mass is 10.3. The molecule has 26 heavy (non-hydrogen) atoms. The molecule has 0 unspecified atom stereocenters. The van der Waals surface area contributed by atoms with Gasteiger partial charge in [0, 0.05) is 25.0 Å². The maximum atomic E-state index is 12.4. The van der Waals surface area contributed by atoms with Crippen molar-refractivity contribution >= 4 is 34.9 Å². The largest absolute Gasteiger partial charge is 0.308 e. The van der Waals surface area contributed by atoms with Gasteiger partial charge in [0.15, 0.2) is 11.5 Å². The highest BCUT2D eigenvalue weighted by molar-refractivity contribution is 6.42. The van der Waals surface area contributed by atoms with Gasteiger partial charge in [-0.15, -0.1) is 0 Å². The first kappa shape index (κ1) is 18.4. The van der Waals surface area contributed by atoms with Gasteiger partial charge >= 0.3 is 0 Å². The van der Waals surface area contributed by atoms with Gasteiger partial charge in [-0.3, -0.25) is 9.48 Å². The molecule has 2 aromatic heterocycles. The third-order valence-electron chi connectivity index (χ3n) is 3.65. The summed E-state index contributed by atoms with van der Waals surface area (Å²) in [5.41, 5.74) is 0.991. The van der Waals surface area contributed by atoms with Crippen LogP contribution in [0.1, 0.15) is 10.5 Å². The Morgan fingerprint density at radius 2 is 1.92 bits per heavy atom. The normalized spacial score (nSPS) is 11.1. The highest BCUT2D eigenvalue weighted by atomic mass is 35.5. The first-order chi connectivity index (χ1) is 12.4. The van der Waals surface area contributed by atoms with Crippen LogP contribution in [-0.2, 0) is 6.54 Å². The number of halogens is 2. The van der Waals surface area contributed by atoms with E-state index in [0.717, 1.165) is 13.1 Å². The lowest BCUT2D eigenvalue weighted by Crippen LogP contribution is -2.19. The molecule has 0 radical (unpaired) electrons. The molecule has 1 aromatic carbocycles. The van der Waals surface area contributed by atoms with Gasteiger partial charge in [-0.1, -0.05) is 23.2 Å². The SMILES string of the molecule is CN(C)CCn1ccc(NC(=O)c2ccn(-c3ccc(Cl)c(Cl)c3)n2)n1. The van der Waals surface area contributed by atoms with Crippen LogP contribution in [0, 0.1) is 0 Å². The van der Waals surface area contributed by atoms with Crippen molar-refractivity contribution in [2.75, 3.05) is 26.0 Å². The molecular weight excluding hydrogens is 375 g/mol. The molecule has 1 amide bonds. The molecule has 0 aliphatic heterocycles. The van der Waals surface area contributed by atoms with Crippen molar-refractivity contribution in [2.24, 2.45) is 0 Å². The van der Waals surface area contributed by atoms with E-state index in [1.807, 2.05) is 20.3 Å². The van der Waals surface area contributed by atoms with E-state index in [2.05, 4.69) is 20.4 Å². The highest BCUT2D eigenvalue weighted by Crippen LogP contribution is 2.24.